The number of nitrogens with zero attached hydrogens (tertiary/aromatic N) is 3. The molecule has 27 heavy (non-hydrogen) atoms. The van der Waals surface area contributed by atoms with Crippen molar-refractivity contribution in [1.29, 1.82) is 0 Å². The van der Waals surface area contributed by atoms with Crippen molar-refractivity contribution in [1.82, 2.24) is 25.3 Å². The first-order valence-electron chi connectivity index (χ1n) is 10.6. The molecule has 0 spiro atoms. The van der Waals surface area contributed by atoms with Crippen molar-refractivity contribution < 1.29 is 9.59 Å². The number of carbonyl (C=O) groups excluding carboxylic acids is 2. The summed E-state index contributed by atoms with van der Waals surface area (Å²) in [5.74, 6) is 0.364. The van der Waals surface area contributed by atoms with E-state index < -0.39 is 0 Å². The van der Waals surface area contributed by atoms with Crippen LogP contribution >= 0.6 is 0 Å². The number of nitrogens with one attached hydrogen (secondary N) is 2. The van der Waals surface area contributed by atoms with Crippen LogP contribution in [0.5, 0.6) is 0 Å². The van der Waals surface area contributed by atoms with Crippen LogP contribution in [0, 0.1) is 5.92 Å². The minimum atomic E-state index is -0.130. The molecule has 1 saturated carbocycles. The van der Waals surface area contributed by atoms with Crippen LogP contribution in [-0.4, -0.2) is 58.7 Å². The molecule has 1 aromatic rings. The van der Waals surface area contributed by atoms with Crippen LogP contribution in [0.1, 0.15) is 67.9 Å². The van der Waals surface area contributed by atoms with Gasteiger partial charge in [-0.25, -0.2) is 0 Å². The van der Waals surface area contributed by atoms with Gasteiger partial charge >= 0.3 is 0 Å². The molecule has 0 bridgehead atoms. The van der Waals surface area contributed by atoms with Crippen LogP contribution in [0.2, 0.25) is 0 Å². The van der Waals surface area contributed by atoms with Crippen molar-refractivity contribution in [2.24, 2.45) is 5.92 Å². The predicted octanol–water partition coefficient (Wildman–Crippen LogP) is 1.72. The number of aromatic nitrogens is 2. The first-order valence-corrected chi connectivity index (χ1v) is 10.6. The second-order valence-electron chi connectivity index (χ2n) is 8.26. The molecule has 2 unspecified atom stereocenters. The van der Waals surface area contributed by atoms with Gasteiger partial charge in [-0.05, 0) is 44.7 Å². The lowest BCUT2D eigenvalue weighted by atomic mass is 9.88. The normalized spacial score (nSPS) is 26.9. The summed E-state index contributed by atoms with van der Waals surface area (Å²) in [4.78, 5) is 27.2. The van der Waals surface area contributed by atoms with Gasteiger partial charge in [-0.3, -0.25) is 14.3 Å². The number of piperidine rings is 1. The van der Waals surface area contributed by atoms with Gasteiger partial charge in [0, 0.05) is 37.8 Å². The van der Waals surface area contributed by atoms with Gasteiger partial charge in [-0.15, -0.1) is 0 Å². The Labute approximate surface area is 160 Å². The highest BCUT2D eigenvalue weighted by Gasteiger charge is 2.32. The van der Waals surface area contributed by atoms with E-state index in [1.807, 2.05) is 15.8 Å². The highest BCUT2D eigenvalue weighted by Crippen LogP contribution is 2.27. The molecule has 0 radical (unpaired) electrons. The van der Waals surface area contributed by atoms with Gasteiger partial charge in [0.05, 0.1) is 6.04 Å². The first kappa shape index (κ1) is 18.5. The standard InChI is InChI=1S/C20H31N5O2/c26-19(18-9-12-25(23-18)17-7-4-10-21-13-17)22-16-8-11-24(14-16)20(27)15-5-2-1-3-6-15/h9,12,15-17,21H,1-8,10-11,13-14H2,(H,22,26). The number of likely N-dealkylation sites (tertiary alicyclic amines) is 1. The Balaban J connectivity index is 1.28. The number of hydrogen-bond donors (Lipinski definition) is 2. The smallest absolute Gasteiger partial charge is 0.272 e. The highest BCUT2D eigenvalue weighted by atomic mass is 16.2. The Bertz CT molecular complexity index is 661. The SMILES string of the molecule is O=C(NC1CCN(C(=O)C2CCCCC2)C1)c1ccn(C2CCCNC2)n1. The predicted molar refractivity (Wildman–Crippen MR) is 102 cm³/mol. The van der Waals surface area contributed by atoms with Crippen molar-refractivity contribution in [3.8, 4) is 0 Å². The Morgan fingerprint density at radius 2 is 1.96 bits per heavy atom. The van der Waals surface area contributed by atoms with Gasteiger partial charge < -0.3 is 15.5 Å². The third kappa shape index (κ3) is 4.34. The molecule has 148 valence electrons. The van der Waals surface area contributed by atoms with Crippen LogP contribution < -0.4 is 10.6 Å². The second-order valence-corrected chi connectivity index (χ2v) is 8.26. The first-order chi connectivity index (χ1) is 13.2. The summed E-state index contributed by atoms with van der Waals surface area (Å²) >= 11 is 0. The molecule has 3 aliphatic rings. The van der Waals surface area contributed by atoms with E-state index >= 15 is 0 Å². The Hall–Kier alpha value is -1.89. The Morgan fingerprint density at radius 3 is 2.74 bits per heavy atom. The minimum Gasteiger partial charge on any atom is -0.346 e. The zero-order valence-electron chi connectivity index (χ0n) is 16.0. The van der Waals surface area contributed by atoms with Gasteiger partial charge in [-0.2, -0.15) is 5.10 Å². The van der Waals surface area contributed by atoms with Crippen molar-refractivity contribution >= 4 is 11.8 Å². The van der Waals surface area contributed by atoms with E-state index in [2.05, 4.69) is 15.7 Å². The van der Waals surface area contributed by atoms with Gasteiger partial charge in [0.15, 0.2) is 0 Å². The second kappa shape index (κ2) is 8.42. The molecule has 4 rings (SSSR count). The molecular formula is C20H31N5O2. The van der Waals surface area contributed by atoms with E-state index in [0.29, 0.717) is 24.2 Å². The third-order valence-electron chi connectivity index (χ3n) is 6.28. The van der Waals surface area contributed by atoms with Crippen molar-refractivity contribution in [2.75, 3.05) is 26.2 Å². The lowest BCUT2D eigenvalue weighted by Crippen LogP contribution is -2.40. The maximum atomic E-state index is 12.7. The molecule has 2 aliphatic heterocycles. The van der Waals surface area contributed by atoms with Crippen LogP contribution in [0.3, 0.4) is 0 Å². The summed E-state index contributed by atoms with van der Waals surface area (Å²) in [5.41, 5.74) is 0.470. The summed E-state index contributed by atoms with van der Waals surface area (Å²) < 4.78 is 1.91. The van der Waals surface area contributed by atoms with Crippen molar-refractivity contribution in [2.45, 2.75) is 63.5 Å². The van der Waals surface area contributed by atoms with E-state index in [1.165, 1.54) is 19.3 Å². The largest absolute Gasteiger partial charge is 0.346 e. The summed E-state index contributed by atoms with van der Waals surface area (Å²) in [7, 11) is 0. The van der Waals surface area contributed by atoms with Crippen molar-refractivity contribution in [3.05, 3.63) is 18.0 Å². The number of hydrogen-bond acceptors (Lipinski definition) is 4. The fraction of sp³-hybridized carbons (Fsp3) is 0.750. The fourth-order valence-electron chi connectivity index (χ4n) is 4.67. The summed E-state index contributed by atoms with van der Waals surface area (Å²) in [6.45, 7) is 3.35. The van der Waals surface area contributed by atoms with Crippen LogP contribution in [0.25, 0.3) is 0 Å². The monoisotopic (exact) mass is 373 g/mol. The van der Waals surface area contributed by atoms with Gasteiger partial charge in [0.2, 0.25) is 5.91 Å². The zero-order chi connectivity index (χ0) is 18.6. The number of amides is 2. The van der Waals surface area contributed by atoms with Crippen molar-refractivity contribution in [3.63, 3.8) is 0 Å². The molecule has 2 N–H and O–H groups in total. The molecule has 7 heteroatoms. The van der Waals surface area contributed by atoms with Gasteiger partial charge in [0.1, 0.15) is 5.69 Å². The molecular weight excluding hydrogens is 342 g/mol. The van der Waals surface area contributed by atoms with E-state index in [1.54, 1.807) is 6.07 Å². The Kier molecular flexibility index (Phi) is 5.76. The number of rotatable bonds is 4. The van der Waals surface area contributed by atoms with E-state index in [-0.39, 0.29) is 17.9 Å². The quantitative estimate of drug-likeness (QED) is 0.842. The van der Waals surface area contributed by atoms with E-state index in [9.17, 15) is 9.59 Å². The molecule has 2 amide bonds. The highest BCUT2D eigenvalue weighted by molar-refractivity contribution is 5.92. The van der Waals surface area contributed by atoms with Crippen LogP contribution in [0.4, 0.5) is 0 Å². The van der Waals surface area contributed by atoms with E-state index in [0.717, 1.165) is 51.7 Å². The lowest BCUT2D eigenvalue weighted by Gasteiger charge is -2.26. The zero-order valence-corrected chi connectivity index (χ0v) is 16.0. The lowest BCUT2D eigenvalue weighted by molar-refractivity contribution is -0.135. The van der Waals surface area contributed by atoms with Gasteiger partial charge in [0.25, 0.3) is 5.91 Å². The molecule has 3 heterocycles. The maximum absolute atomic E-state index is 12.7. The average molecular weight is 374 g/mol. The maximum Gasteiger partial charge on any atom is 0.272 e. The Morgan fingerprint density at radius 1 is 1.11 bits per heavy atom. The fourth-order valence-corrected chi connectivity index (χ4v) is 4.67. The van der Waals surface area contributed by atoms with E-state index in [4.69, 9.17) is 0 Å². The summed E-state index contributed by atoms with van der Waals surface area (Å²) in [5, 5.41) is 10.9. The molecule has 0 aromatic carbocycles. The van der Waals surface area contributed by atoms with Crippen LogP contribution in [0.15, 0.2) is 12.3 Å². The minimum absolute atomic E-state index is 0.0338. The summed E-state index contributed by atoms with van der Waals surface area (Å²) in [6, 6.07) is 2.16. The molecule has 2 saturated heterocycles. The molecule has 3 fully saturated rings. The third-order valence-corrected chi connectivity index (χ3v) is 6.28. The molecule has 1 aliphatic carbocycles. The molecule has 1 aromatic heterocycles. The number of carbonyl (C=O) groups is 2. The summed E-state index contributed by atoms with van der Waals surface area (Å²) in [6.07, 6.45) is 10.6. The molecule has 7 nitrogen and oxygen atoms in total. The topological polar surface area (TPSA) is 79.3 Å². The molecule has 2 atom stereocenters. The van der Waals surface area contributed by atoms with Gasteiger partial charge in [-0.1, -0.05) is 19.3 Å². The van der Waals surface area contributed by atoms with Crippen LogP contribution in [-0.2, 0) is 4.79 Å². The average Bonchev–Trinajstić information content (AvgIpc) is 3.39.